The zero-order valence-corrected chi connectivity index (χ0v) is 19.9. The predicted octanol–water partition coefficient (Wildman–Crippen LogP) is 3.12. The molecular weight excluding hydrogens is 467 g/mol. The first-order valence-corrected chi connectivity index (χ1v) is 12.3. The van der Waals surface area contributed by atoms with Gasteiger partial charge in [0.25, 0.3) is 5.69 Å². The van der Waals surface area contributed by atoms with Crippen LogP contribution in [0, 0.1) is 15.9 Å². The average molecular weight is 497 g/mol. The van der Waals surface area contributed by atoms with Crippen LogP contribution in [0.5, 0.6) is 0 Å². The molecule has 1 unspecified atom stereocenters. The fourth-order valence-electron chi connectivity index (χ4n) is 5.21. The lowest BCUT2D eigenvalue weighted by atomic mass is 9.90. The zero-order valence-electron chi connectivity index (χ0n) is 19.9. The Morgan fingerprint density at radius 3 is 2.42 bits per heavy atom. The quantitative estimate of drug-likeness (QED) is 0.357. The normalized spacial score (nSPS) is 21.8. The molecule has 3 heterocycles. The van der Waals surface area contributed by atoms with Crippen molar-refractivity contribution in [1.29, 1.82) is 0 Å². The molecule has 10 heteroatoms. The van der Waals surface area contributed by atoms with Gasteiger partial charge in [0.05, 0.1) is 29.6 Å². The van der Waals surface area contributed by atoms with Gasteiger partial charge < -0.3 is 9.64 Å². The Bertz CT molecular complexity index is 1140. The Morgan fingerprint density at radius 2 is 1.78 bits per heavy atom. The lowest BCUT2D eigenvalue weighted by molar-refractivity contribution is -0.385. The molecule has 2 aromatic carbocycles. The summed E-state index contributed by atoms with van der Waals surface area (Å²) in [4.78, 5) is 38.4. The molecule has 0 bridgehead atoms. The number of nitrogens with zero attached hydrogens (tertiary/aromatic N) is 3. The number of non-ortho nitro benzene ring substituents is 1. The molecule has 9 nitrogen and oxygen atoms in total. The molecule has 2 amide bonds. The first-order valence-electron chi connectivity index (χ1n) is 12.3. The molecule has 0 radical (unpaired) electrons. The van der Waals surface area contributed by atoms with E-state index < -0.39 is 10.7 Å². The highest BCUT2D eigenvalue weighted by Crippen LogP contribution is 2.30. The Kier molecular flexibility index (Phi) is 6.97. The minimum absolute atomic E-state index is 0.0480. The van der Waals surface area contributed by atoms with E-state index in [0.717, 1.165) is 56.3 Å². The SMILES string of the molecule is O=C1CCC(c2ccc(N3CC(N4CCC(OCc5ccc([N+](=O)[O-])cc5F)CC4)C3)cc2)C(=O)N1. The second-order valence-corrected chi connectivity index (χ2v) is 9.73. The Balaban J connectivity index is 1.05. The maximum Gasteiger partial charge on any atom is 0.272 e. The maximum atomic E-state index is 14.1. The van der Waals surface area contributed by atoms with Crippen molar-refractivity contribution >= 4 is 23.2 Å². The second kappa shape index (κ2) is 10.3. The molecule has 5 rings (SSSR count). The summed E-state index contributed by atoms with van der Waals surface area (Å²) in [6, 6.07) is 12.2. The van der Waals surface area contributed by atoms with Crippen LogP contribution in [0.3, 0.4) is 0 Å². The number of amides is 2. The summed E-state index contributed by atoms with van der Waals surface area (Å²) in [7, 11) is 0. The van der Waals surface area contributed by atoms with Crippen LogP contribution in [0.15, 0.2) is 42.5 Å². The lowest BCUT2D eigenvalue weighted by Crippen LogP contribution is -2.61. The van der Waals surface area contributed by atoms with Crippen molar-refractivity contribution < 1.29 is 23.6 Å². The van der Waals surface area contributed by atoms with E-state index in [0.29, 0.717) is 24.4 Å². The highest BCUT2D eigenvalue weighted by Gasteiger charge is 2.34. The van der Waals surface area contributed by atoms with Crippen LogP contribution in [0.4, 0.5) is 15.8 Å². The van der Waals surface area contributed by atoms with E-state index >= 15 is 0 Å². The summed E-state index contributed by atoms with van der Waals surface area (Å²) in [5.41, 5.74) is 2.15. The number of ether oxygens (including phenoxy) is 1. The summed E-state index contributed by atoms with van der Waals surface area (Å²) < 4.78 is 20.0. The Hall–Kier alpha value is -3.37. The van der Waals surface area contributed by atoms with Gasteiger partial charge in [-0.1, -0.05) is 12.1 Å². The number of nitro benzene ring substituents is 1. The van der Waals surface area contributed by atoms with E-state index in [9.17, 15) is 24.1 Å². The smallest absolute Gasteiger partial charge is 0.272 e. The molecule has 1 N–H and O–H groups in total. The molecule has 1 atom stereocenters. The van der Waals surface area contributed by atoms with Crippen LogP contribution in [-0.2, 0) is 20.9 Å². The standard InChI is InChI=1S/C26H29FN4O5/c27-24-13-20(31(34)35)6-3-18(24)16-36-22-9-11-29(12-10-22)21-14-30(15-21)19-4-1-17(2-5-19)23-7-8-25(32)28-26(23)33/h1-6,13,21-23H,7-12,14-16H2,(H,28,32,33). The molecule has 0 spiro atoms. The number of piperidine rings is 2. The predicted molar refractivity (Wildman–Crippen MR) is 130 cm³/mol. The van der Waals surface area contributed by atoms with Crippen molar-refractivity contribution in [3.8, 4) is 0 Å². The molecule has 3 saturated heterocycles. The number of benzene rings is 2. The zero-order chi connectivity index (χ0) is 25.2. The number of rotatable bonds is 7. The van der Waals surface area contributed by atoms with Crippen LogP contribution in [0.25, 0.3) is 0 Å². The number of carbonyl (C=O) groups excluding carboxylic acids is 2. The third-order valence-corrected chi connectivity index (χ3v) is 7.48. The average Bonchev–Trinajstić information content (AvgIpc) is 2.84. The largest absolute Gasteiger partial charge is 0.373 e. The maximum absolute atomic E-state index is 14.1. The molecule has 0 aromatic heterocycles. The third-order valence-electron chi connectivity index (χ3n) is 7.48. The van der Waals surface area contributed by atoms with Gasteiger partial charge in [-0.3, -0.25) is 29.9 Å². The van der Waals surface area contributed by atoms with Gasteiger partial charge in [0.1, 0.15) is 5.82 Å². The summed E-state index contributed by atoms with van der Waals surface area (Å²) in [6.45, 7) is 3.83. The highest BCUT2D eigenvalue weighted by atomic mass is 19.1. The summed E-state index contributed by atoms with van der Waals surface area (Å²) >= 11 is 0. The summed E-state index contributed by atoms with van der Waals surface area (Å²) in [5, 5.41) is 13.2. The number of carbonyl (C=O) groups is 2. The molecule has 3 aliphatic rings. The third kappa shape index (κ3) is 5.24. The van der Waals surface area contributed by atoms with Crippen LogP contribution < -0.4 is 10.2 Å². The Labute approximate surface area is 208 Å². The highest BCUT2D eigenvalue weighted by molar-refractivity contribution is 6.00. The van der Waals surface area contributed by atoms with E-state index in [1.54, 1.807) is 0 Å². The first-order chi connectivity index (χ1) is 17.4. The fourth-order valence-corrected chi connectivity index (χ4v) is 5.21. The van der Waals surface area contributed by atoms with Gasteiger partial charge in [0.2, 0.25) is 11.8 Å². The number of likely N-dealkylation sites (tertiary alicyclic amines) is 1. The number of hydrogen-bond acceptors (Lipinski definition) is 7. The molecule has 190 valence electrons. The molecule has 3 fully saturated rings. The van der Waals surface area contributed by atoms with Gasteiger partial charge in [-0.05, 0) is 43.0 Å². The summed E-state index contributed by atoms with van der Waals surface area (Å²) in [5.74, 6) is -1.29. The van der Waals surface area contributed by atoms with Crippen molar-refractivity contribution in [2.75, 3.05) is 31.1 Å². The first kappa shape index (κ1) is 24.3. The number of nitrogens with one attached hydrogen (secondary N) is 1. The number of anilines is 1. The molecule has 2 aromatic rings. The van der Waals surface area contributed by atoms with E-state index in [2.05, 4.69) is 15.1 Å². The van der Waals surface area contributed by atoms with Crippen LogP contribution in [0.1, 0.15) is 42.7 Å². The van der Waals surface area contributed by atoms with Crippen molar-refractivity contribution in [1.82, 2.24) is 10.2 Å². The van der Waals surface area contributed by atoms with E-state index in [-0.39, 0.29) is 36.1 Å². The number of hydrogen-bond donors (Lipinski definition) is 1. The van der Waals surface area contributed by atoms with Crippen LogP contribution in [0.2, 0.25) is 0 Å². The van der Waals surface area contributed by atoms with E-state index in [1.165, 1.54) is 12.1 Å². The van der Waals surface area contributed by atoms with Crippen LogP contribution in [-0.4, -0.2) is 60.0 Å². The molecule has 0 aliphatic carbocycles. The van der Waals surface area contributed by atoms with Gasteiger partial charge in [-0.15, -0.1) is 0 Å². The fraction of sp³-hybridized carbons (Fsp3) is 0.462. The molecule has 3 aliphatic heterocycles. The van der Waals surface area contributed by atoms with Crippen molar-refractivity contribution in [3.63, 3.8) is 0 Å². The van der Waals surface area contributed by atoms with Crippen molar-refractivity contribution in [2.45, 2.75) is 50.4 Å². The second-order valence-electron chi connectivity index (χ2n) is 9.73. The van der Waals surface area contributed by atoms with E-state index in [1.807, 2.05) is 24.3 Å². The van der Waals surface area contributed by atoms with Gasteiger partial charge in [-0.25, -0.2) is 4.39 Å². The van der Waals surface area contributed by atoms with Gasteiger partial charge >= 0.3 is 0 Å². The molecule has 36 heavy (non-hydrogen) atoms. The molecular formula is C26H29FN4O5. The Morgan fingerprint density at radius 1 is 1.06 bits per heavy atom. The lowest BCUT2D eigenvalue weighted by Gasteiger charge is -2.48. The number of nitro groups is 1. The minimum Gasteiger partial charge on any atom is -0.373 e. The van der Waals surface area contributed by atoms with Gasteiger partial charge in [0.15, 0.2) is 0 Å². The molecule has 0 saturated carbocycles. The van der Waals surface area contributed by atoms with Gasteiger partial charge in [-0.2, -0.15) is 0 Å². The van der Waals surface area contributed by atoms with Gasteiger partial charge in [0, 0.05) is 56.0 Å². The number of halogens is 1. The monoisotopic (exact) mass is 496 g/mol. The van der Waals surface area contributed by atoms with Crippen molar-refractivity contribution in [2.24, 2.45) is 0 Å². The van der Waals surface area contributed by atoms with Crippen LogP contribution >= 0.6 is 0 Å². The van der Waals surface area contributed by atoms with E-state index in [4.69, 9.17) is 4.74 Å². The summed E-state index contributed by atoms with van der Waals surface area (Å²) in [6.07, 6.45) is 2.71. The topological polar surface area (TPSA) is 105 Å². The minimum atomic E-state index is -0.610. The number of imide groups is 1. The van der Waals surface area contributed by atoms with Crippen molar-refractivity contribution in [3.05, 3.63) is 69.5 Å².